The van der Waals surface area contributed by atoms with E-state index in [1.165, 1.54) is 0 Å². The summed E-state index contributed by atoms with van der Waals surface area (Å²) in [5.74, 6) is -1.02. The van der Waals surface area contributed by atoms with Gasteiger partial charge in [-0.2, -0.15) is 5.26 Å². The zero-order valence-electron chi connectivity index (χ0n) is 9.26. The second kappa shape index (κ2) is 6.63. The molecule has 0 amide bonds. The van der Waals surface area contributed by atoms with Crippen molar-refractivity contribution in [2.45, 2.75) is 19.1 Å². The number of aliphatic hydroxyl groups excluding tert-OH is 1. The van der Waals surface area contributed by atoms with E-state index < -0.39 is 12.1 Å². The van der Waals surface area contributed by atoms with Crippen LogP contribution in [0.25, 0.3) is 0 Å². The van der Waals surface area contributed by atoms with Crippen LogP contribution in [0.5, 0.6) is 0 Å². The average Bonchev–Trinajstić information content (AvgIpc) is 2.28. The standard InChI is InChI=1S/C12H14N2O3/c13-6-9-2-1-3-10(4-9)7-14-8-11(15)5-12(16)17/h1-4,11,14-15H,5,7-8H2,(H,16,17). The molecule has 3 N–H and O–H groups in total. The molecule has 0 spiro atoms. The summed E-state index contributed by atoms with van der Waals surface area (Å²) in [4.78, 5) is 10.3. The third-order valence-corrected chi connectivity index (χ3v) is 2.18. The highest BCUT2D eigenvalue weighted by molar-refractivity contribution is 5.67. The van der Waals surface area contributed by atoms with Crippen LogP contribution >= 0.6 is 0 Å². The van der Waals surface area contributed by atoms with Crippen LogP contribution in [0, 0.1) is 11.3 Å². The fraction of sp³-hybridized carbons (Fsp3) is 0.333. The summed E-state index contributed by atoms with van der Waals surface area (Å²) in [6.07, 6.45) is -1.17. The third-order valence-electron chi connectivity index (χ3n) is 2.18. The number of carbonyl (C=O) groups is 1. The van der Waals surface area contributed by atoms with Gasteiger partial charge in [-0.3, -0.25) is 4.79 Å². The largest absolute Gasteiger partial charge is 0.481 e. The van der Waals surface area contributed by atoms with E-state index in [0.717, 1.165) is 5.56 Å². The average molecular weight is 234 g/mol. The van der Waals surface area contributed by atoms with Crippen molar-refractivity contribution in [1.82, 2.24) is 5.32 Å². The molecule has 0 fully saturated rings. The number of carboxylic acid groups (broad SMARTS) is 1. The highest BCUT2D eigenvalue weighted by Crippen LogP contribution is 2.03. The minimum Gasteiger partial charge on any atom is -0.481 e. The van der Waals surface area contributed by atoms with Crippen molar-refractivity contribution >= 4 is 5.97 Å². The van der Waals surface area contributed by atoms with Gasteiger partial charge in [0.05, 0.1) is 24.2 Å². The Balaban J connectivity index is 2.35. The van der Waals surface area contributed by atoms with E-state index in [4.69, 9.17) is 10.4 Å². The predicted molar refractivity (Wildman–Crippen MR) is 61.1 cm³/mol. The zero-order chi connectivity index (χ0) is 12.7. The van der Waals surface area contributed by atoms with Gasteiger partial charge in [0.25, 0.3) is 0 Å². The van der Waals surface area contributed by atoms with Crippen LogP contribution in [0.3, 0.4) is 0 Å². The Morgan fingerprint density at radius 1 is 1.53 bits per heavy atom. The first kappa shape index (κ1) is 13.2. The van der Waals surface area contributed by atoms with E-state index >= 15 is 0 Å². The van der Waals surface area contributed by atoms with Gasteiger partial charge in [-0.1, -0.05) is 12.1 Å². The first-order chi connectivity index (χ1) is 8.11. The molecular formula is C12H14N2O3. The smallest absolute Gasteiger partial charge is 0.306 e. The van der Waals surface area contributed by atoms with Gasteiger partial charge in [-0.05, 0) is 17.7 Å². The van der Waals surface area contributed by atoms with E-state index in [1.54, 1.807) is 18.2 Å². The van der Waals surface area contributed by atoms with E-state index in [2.05, 4.69) is 5.32 Å². The van der Waals surface area contributed by atoms with Crippen LogP contribution in [0.4, 0.5) is 0 Å². The molecule has 0 saturated heterocycles. The Morgan fingerprint density at radius 2 is 2.29 bits per heavy atom. The molecule has 0 aliphatic heterocycles. The number of nitriles is 1. The van der Waals surface area contributed by atoms with E-state index in [9.17, 15) is 9.90 Å². The minimum absolute atomic E-state index is 0.211. The quantitative estimate of drug-likeness (QED) is 0.665. The molecule has 1 rings (SSSR count). The third kappa shape index (κ3) is 5.11. The zero-order valence-corrected chi connectivity index (χ0v) is 9.26. The highest BCUT2D eigenvalue weighted by Gasteiger charge is 2.08. The number of hydrogen-bond donors (Lipinski definition) is 3. The van der Waals surface area contributed by atoms with Crippen molar-refractivity contribution in [3.63, 3.8) is 0 Å². The molecule has 1 aromatic rings. The Kier molecular flexibility index (Phi) is 5.14. The molecule has 0 aliphatic carbocycles. The minimum atomic E-state index is -1.02. The summed E-state index contributed by atoms with van der Waals surface area (Å²) in [5.41, 5.74) is 1.50. The molecule has 0 radical (unpaired) electrons. The molecular weight excluding hydrogens is 220 g/mol. The summed E-state index contributed by atoms with van der Waals surface area (Å²) in [6.45, 7) is 0.704. The maximum atomic E-state index is 10.3. The molecule has 17 heavy (non-hydrogen) atoms. The van der Waals surface area contributed by atoms with Crippen molar-refractivity contribution < 1.29 is 15.0 Å². The van der Waals surface area contributed by atoms with Gasteiger partial charge in [0.2, 0.25) is 0 Å². The summed E-state index contributed by atoms with van der Waals surface area (Å²) < 4.78 is 0. The van der Waals surface area contributed by atoms with Gasteiger partial charge >= 0.3 is 5.97 Å². The van der Waals surface area contributed by atoms with Gasteiger partial charge < -0.3 is 15.5 Å². The Bertz CT molecular complexity index is 426. The molecule has 0 heterocycles. The second-order valence-electron chi connectivity index (χ2n) is 3.69. The normalized spacial score (nSPS) is 11.8. The molecule has 1 aromatic carbocycles. The van der Waals surface area contributed by atoms with Gasteiger partial charge in [-0.15, -0.1) is 0 Å². The van der Waals surface area contributed by atoms with Crippen LogP contribution in [-0.2, 0) is 11.3 Å². The molecule has 1 unspecified atom stereocenters. The molecule has 0 aromatic heterocycles. The van der Waals surface area contributed by atoms with Crippen LogP contribution in [0.2, 0.25) is 0 Å². The van der Waals surface area contributed by atoms with Crippen LogP contribution in [0.15, 0.2) is 24.3 Å². The number of carboxylic acids is 1. The maximum absolute atomic E-state index is 10.3. The molecule has 90 valence electrons. The molecule has 0 aliphatic rings. The fourth-order valence-corrected chi connectivity index (χ4v) is 1.41. The lowest BCUT2D eigenvalue weighted by atomic mass is 10.1. The SMILES string of the molecule is N#Cc1cccc(CNCC(O)CC(=O)O)c1. The summed E-state index contributed by atoms with van der Waals surface area (Å²) in [6, 6.07) is 9.14. The molecule has 0 bridgehead atoms. The van der Waals surface area contributed by atoms with E-state index in [0.29, 0.717) is 12.1 Å². The molecule has 5 heteroatoms. The lowest BCUT2D eigenvalue weighted by molar-refractivity contribution is -0.139. The number of benzene rings is 1. The van der Waals surface area contributed by atoms with Crippen molar-refractivity contribution in [1.29, 1.82) is 5.26 Å². The first-order valence-electron chi connectivity index (χ1n) is 5.21. The monoisotopic (exact) mass is 234 g/mol. The second-order valence-corrected chi connectivity index (χ2v) is 3.69. The maximum Gasteiger partial charge on any atom is 0.306 e. The Hall–Kier alpha value is -1.90. The number of hydrogen-bond acceptors (Lipinski definition) is 4. The number of aliphatic carboxylic acids is 1. The lowest BCUT2D eigenvalue weighted by Gasteiger charge is -2.09. The number of aliphatic hydroxyl groups is 1. The fourth-order valence-electron chi connectivity index (χ4n) is 1.41. The van der Waals surface area contributed by atoms with Crippen LogP contribution < -0.4 is 5.32 Å². The summed E-state index contributed by atoms with van der Waals surface area (Å²) >= 11 is 0. The van der Waals surface area contributed by atoms with Crippen LogP contribution in [-0.4, -0.2) is 28.8 Å². The molecule has 1 atom stereocenters. The highest BCUT2D eigenvalue weighted by atomic mass is 16.4. The number of rotatable bonds is 6. The topological polar surface area (TPSA) is 93.4 Å². The van der Waals surface area contributed by atoms with Gasteiger partial charge in [0.15, 0.2) is 0 Å². The van der Waals surface area contributed by atoms with Gasteiger partial charge in [0, 0.05) is 13.1 Å². The molecule has 0 saturated carbocycles. The van der Waals surface area contributed by atoms with Gasteiger partial charge in [0.1, 0.15) is 0 Å². The van der Waals surface area contributed by atoms with E-state index in [1.807, 2.05) is 12.1 Å². The Morgan fingerprint density at radius 3 is 2.94 bits per heavy atom. The Labute approximate surface area is 99.3 Å². The van der Waals surface area contributed by atoms with Crippen molar-refractivity contribution in [3.05, 3.63) is 35.4 Å². The van der Waals surface area contributed by atoms with Gasteiger partial charge in [-0.25, -0.2) is 0 Å². The predicted octanol–water partition coefficient (Wildman–Crippen LogP) is 0.483. The summed E-state index contributed by atoms with van der Waals surface area (Å²) in [5, 5.41) is 29.4. The number of nitrogens with zero attached hydrogens (tertiary/aromatic N) is 1. The molecule has 5 nitrogen and oxygen atoms in total. The first-order valence-corrected chi connectivity index (χ1v) is 5.21. The van der Waals surface area contributed by atoms with Crippen LogP contribution in [0.1, 0.15) is 17.5 Å². The van der Waals surface area contributed by atoms with Crippen molar-refractivity contribution in [2.24, 2.45) is 0 Å². The van der Waals surface area contributed by atoms with Crippen molar-refractivity contribution in [2.75, 3.05) is 6.54 Å². The summed E-state index contributed by atoms with van der Waals surface area (Å²) in [7, 11) is 0. The van der Waals surface area contributed by atoms with E-state index in [-0.39, 0.29) is 13.0 Å². The number of nitrogens with one attached hydrogen (secondary N) is 1. The van der Waals surface area contributed by atoms with Crippen molar-refractivity contribution in [3.8, 4) is 6.07 Å². The lowest BCUT2D eigenvalue weighted by Crippen LogP contribution is -2.28.